The summed E-state index contributed by atoms with van der Waals surface area (Å²) in [6.45, 7) is 0.623. The van der Waals surface area contributed by atoms with E-state index < -0.39 is 10.0 Å². The Hall–Kier alpha value is -1.85. The molecule has 2 aromatic carbocycles. The Balaban J connectivity index is 1.40. The summed E-state index contributed by atoms with van der Waals surface area (Å²) in [6.07, 6.45) is 3.98. The molecule has 0 aromatic heterocycles. The van der Waals surface area contributed by atoms with Crippen molar-refractivity contribution in [3.05, 3.63) is 65.2 Å². The summed E-state index contributed by atoms with van der Waals surface area (Å²) < 4.78 is 32.3. The smallest absolute Gasteiger partial charge is 0.212 e. The van der Waals surface area contributed by atoms with Gasteiger partial charge in [0, 0.05) is 6.54 Å². The van der Waals surface area contributed by atoms with Gasteiger partial charge in [0.25, 0.3) is 0 Å². The van der Waals surface area contributed by atoms with Gasteiger partial charge in [-0.25, -0.2) is 13.1 Å². The molecule has 0 fully saturated rings. The second-order valence-corrected chi connectivity index (χ2v) is 8.01. The first-order chi connectivity index (χ1) is 11.6. The number of ether oxygens (including phenoxy) is 1. The number of hydrogen-bond acceptors (Lipinski definition) is 3. The molecule has 4 nitrogen and oxygen atoms in total. The Morgan fingerprint density at radius 2 is 1.79 bits per heavy atom. The lowest BCUT2D eigenvalue weighted by Crippen LogP contribution is -2.31. The van der Waals surface area contributed by atoms with Crippen molar-refractivity contribution in [3.8, 4) is 5.75 Å². The standard InChI is InChI=1S/C19H23NO3S/c21-24(22,14-11-16-5-2-1-3-6-16)20-12-13-23-19-10-9-17-7-4-8-18(17)15-19/h1-3,5-6,9-10,15,20H,4,7-8,11-14H2. The molecule has 3 rings (SSSR count). The summed E-state index contributed by atoms with van der Waals surface area (Å²) >= 11 is 0. The van der Waals surface area contributed by atoms with Gasteiger partial charge >= 0.3 is 0 Å². The van der Waals surface area contributed by atoms with Crippen molar-refractivity contribution in [1.29, 1.82) is 0 Å². The zero-order chi connectivity index (χ0) is 16.8. The van der Waals surface area contributed by atoms with Gasteiger partial charge in [-0.15, -0.1) is 0 Å². The van der Waals surface area contributed by atoms with Gasteiger partial charge < -0.3 is 4.74 Å². The summed E-state index contributed by atoms with van der Waals surface area (Å²) in [5.41, 5.74) is 3.79. The average Bonchev–Trinajstić information content (AvgIpc) is 3.06. The Bertz CT molecular complexity index is 772. The Kier molecular flexibility index (Phi) is 5.53. The van der Waals surface area contributed by atoms with Crippen LogP contribution < -0.4 is 9.46 Å². The third-order valence-corrected chi connectivity index (χ3v) is 5.65. The Labute approximate surface area is 143 Å². The number of sulfonamides is 1. The minimum Gasteiger partial charge on any atom is -0.492 e. The van der Waals surface area contributed by atoms with E-state index in [0.717, 1.165) is 24.2 Å². The molecule has 0 aliphatic heterocycles. The van der Waals surface area contributed by atoms with Crippen LogP contribution in [0.3, 0.4) is 0 Å². The molecule has 0 unspecified atom stereocenters. The van der Waals surface area contributed by atoms with Crippen LogP contribution in [0.2, 0.25) is 0 Å². The highest BCUT2D eigenvalue weighted by molar-refractivity contribution is 7.89. The molecule has 0 radical (unpaired) electrons. The van der Waals surface area contributed by atoms with E-state index in [2.05, 4.69) is 16.9 Å². The van der Waals surface area contributed by atoms with Crippen molar-refractivity contribution in [2.24, 2.45) is 0 Å². The second-order valence-electron chi connectivity index (χ2n) is 6.08. The molecule has 0 bridgehead atoms. The fraction of sp³-hybridized carbons (Fsp3) is 0.368. The first-order valence-corrected chi connectivity index (χ1v) is 10.0. The topological polar surface area (TPSA) is 55.4 Å². The zero-order valence-corrected chi connectivity index (χ0v) is 14.5. The molecular weight excluding hydrogens is 322 g/mol. The second kappa shape index (κ2) is 7.81. The average molecular weight is 345 g/mol. The molecule has 1 aliphatic rings. The zero-order valence-electron chi connectivity index (χ0n) is 13.7. The van der Waals surface area contributed by atoms with Gasteiger partial charge in [0.15, 0.2) is 0 Å². The van der Waals surface area contributed by atoms with Gasteiger partial charge in [-0.1, -0.05) is 36.4 Å². The third kappa shape index (κ3) is 4.82. The summed E-state index contributed by atoms with van der Waals surface area (Å²) in [6, 6.07) is 15.8. The fourth-order valence-corrected chi connectivity index (χ4v) is 4.02. The van der Waals surface area contributed by atoms with Crippen LogP contribution in [0.15, 0.2) is 48.5 Å². The molecule has 0 atom stereocenters. The quantitative estimate of drug-likeness (QED) is 0.749. The van der Waals surface area contributed by atoms with Crippen LogP contribution >= 0.6 is 0 Å². The lowest BCUT2D eigenvalue weighted by Gasteiger charge is -2.10. The molecule has 1 N–H and O–H groups in total. The number of benzene rings is 2. The molecule has 0 heterocycles. The number of nitrogens with one attached hydrogen (secondary N) is 1. The number of aryl methyl sites for hydroxylation is 3. The molecular formula is C19H23NO3S. The number of fused-ring (bicyclic) bond motifs is 1. The van der Waals surface area contributed by atoms with Crippen molar-refractivity contribution < 1.29 is 13.2 Å². The first kappa shape index (κ1) is 17.0. The largest absolute Gasteiger partial charge is 0.492 e. The van der Waals surface area contributed by atoms with Crippen molar-refractivity contribution in [2.45, 2.75) is 25.7 Å². The maximum atomic E-state index is 12.0. The normalized spacial score (nSPS) is 13.7. The molecule has 2 aromatic rings. The monoisotopic (exact) mass is 345 g/mol. The molecule has 128 valence electrons. The molecule has 1 aliphatic carbocycles. The molecule has 5 heteroatoms. The fourth-order valence-electron chi connectivity index (χ4n) is 2.97. The van der Waals surface area contributed by atoms with E-state index in [0.29, 0.717) is 13.0 Å². The Morgan fingerprint density at radius 1 is 1.00 bits per heavy atom. The van der Waals surface area contributed by atoms with E-state index in [1.807, 2.05) is 36.4 Å². The van der Waals surface area contributed by atoms with Gasteiger partial charge in [0.1, 0.15) is 12.4 Å². The van der Waals surface area contributed by atoms with E-state index in [1.165, 1.54) is 17.5 Å². The van der Waals surface area contributed by atoms with Crippen LogP contribution in [-0.2, 0) is 29.3 Å². The van der Waals surface area contributed by atoms with Crippen molar-refractivity contribution in [3.63, 3.8) is 0 Å². The molecule has 24 heavy (non-hydrogen) atoms. The lowest BCUT2D eigenvalue weighted by molar-refractivity contribution is 0.322. The summed E-state index contributed by atoms with van der Waals surface area (Å²) in [4.78, 5) is 0. The predicted molar refractivity (Wildman–Crippen MR) is 95.9 cm³/mol. The van der Waals surface area contributed by atoms with Crippen LogP contribution in [0.4, 0.5) is 0 Å². The van der Waals surface area contributed by atoms with Gasteiger partial charge in [-0.2, -0.15) is 0 Å². The van der Waals surface area contributed by atoms with Gasteiger partial charge in [0.05, 0.1) is 5.75 Å². The maximum absolute atomic E-state index is 12.0. The first-order valence-electron chi connectivity index (χ1n) is 8.38. The van der Waals surface area contributed by atoms with E-state index in [-0.39, 0.29) is 12.3 Å². The van der Waals surface area contributed by atoms with E-state index in [1.54, 1.807) is 0 Å². The van der Waals surface area contributed by atoms with Crippen LogP contribution in [0.5, 0.6) is 5.75 Å². The minimum atomic E-state index is -3.27. The SMILES string of the molecule is O=S(=O)(CCc1ccccc1)NCCOc1ccc2c(c1)CCC2. The van der Waals surface area contributed by atoms with E-state index in [4.69, 9.17) is 4.74 Å². The molecule has 0 saturated carbocycles. The van der Waals surface area contributed by atoms with Crippen LogP contribution in [0.25, 0.3) is 0 Å². The van der Waals surface area contributed by atoms with Gasteiger partial charge in [-0.3, -0.25) is 0 Å². The van der Waals surface area contributed by atoms with E-state index in [9.17, 15) is 8.42 Å². The highest BCUT2D eigenvalue weighted by Gasteiger charge is 2.12. The summed E-state index contributed by atoms with van der Waals surface area (Å²) in [5.74, 6) is 0.912. The molecule has 0 amide bonds. The van der Waals surface area contributed by atoms with Crippen LogP contribution in [0, 0.1) is 0 Å². The highest BCUT2D eigenvalue weighted by Crippen LogP contribution is 2.25. The maximum Gasteiger partial charge on any atom is 0.212 e. The van der Waals surface area contributed by atoms with Crippen molar-refractivity contribution >= 4 is 10.0 Å². The highest BCUT2D eigenvalue weighted by atomic mass is 32.2. The third-order valence-electron chi connectivity index (χ3n) is 4.27. The van der Waals surface area contributed by atoms with Gasteiger partial charge in [-0.05, 0) is 54.5 Å². The Morgan fingerprint density at radius 3 is 2.62 bits per heavy atom. The summed E-state index contributed by atoms with van der Waals surface area (Å²) in [5, 5.41) is 0. The van der Waals surface area contributed by atoms with Crippen molar-refractivity contribution in [2.75, 3.05) is 18.9 Å². The molecule has 0 spiro atoms. The number of hydrogen-bond donors (Lipinski definition) is 1. The summed E-state index contributed by atoms with van der Waals surface area (Å²) in [7, 11) is -3.27. The van der Waals surface area contributed by atoms with Crippen molar-refractivity contribution in [1.82, 2.24) is 4.72 Å². The predicted octanol–water partition coefficient (Wildman–Crippen LogP) is 2.72. The lowest BCUT2D eigenvalue weighted by atomic mass is 10.1. The van der Waals surface area contributed by atoms with Crippen LogP contribution in [0.1, 0.15) is 23.1 Å². The molecule has 0 saturated heterocycles. The van der Waals surface area contributed by atoms with E-state index >= 15 is 0 Å². The minimum absolute atomic E-state index is 0.0931. The van der Waals surface area contributed by atoms with Crippen LogP contribution in [-0.4, -0.2) is 27.3 Å². The van der Waals surface area contributed by atoms with Gasteiger partial charge in [0.2, 0.25) is 10.0 Å². The number of rotatable bonds is 8.